The summed E-state index contributed by atoms with van der Waals surface area (Å²) in [4.78, 5) is 0. The Morgan fingerprint density at radius 1 is 1.00 bits per heavy atom. The van der Waals surface area contributed by atoms with E-state index in [1.807, 2.05) is 24.3 Å². The van der Waals surface area contributed by atoms with Crippen molar-refractivity contribution in [2.45, 2.75) is 39.3 Å². The fourth-order valence-electron chi connectivity index (χ4n) is 2.24. The molecule has 0 fully saturated rings. The average Bonchev–Trinajstić information content (AvgIpc) is 2.55. The van der Waals surface area contributed by atoms with E-state index in [0.717, 1.165) is 24.4 Å². The first-order valence-corrected chi connectivity index (χ1v) is 8.81. The number of ether oxygens (including phenoxy) is 1. The van der Waals surface area contributed by atoms with Gasteiger partial charge in [-0.25, -0.2) is 0 Å². The van der Waals surface area contributed by atoms with Crippen LogP contribution >= 0.6 is 23.2 Å². The molecule has 0 amide bonds. The molecule has 0 aliphatic rings. The SMILES string of the molecule is CCCCCNCc1ccc(OCc2ccc(Cl)cc2Cl)cc1. The van der Waals surface area contributed by atoms with Crippen molar-refractivity contribution in [3.8, 4) is 5.75 Å². The summed E-state index contributed by atoms with van der Waals surface area (Å²) in [6, 6.07) is 13.6. The molecule has 0 unspecified atom stereocenters. The number of hydrogen-bond acceptors (Lipinski definition) is 2. The van der Waals surface area contributed by atoms with Crippen molar-refractivity contribution >= 4 is 23.2 Å². The third-order valence-corrected chi connectivity index (χ3v) is 4.21. The zero-order valence-electron chi connectivity index (χ0n) is 13.4. The van der Waals surface area contributed by atoms with Gasteiger partial charge in [-0.05, 0) is 42.8 Å². The Labute approximate surface area is 148 Å². The Hall–Kier alpha value is -1.22. The van der Waals surface area contributed by atoms with Crippen LogP contribution in [0.5, 0.6) is 5.75 Å². The summed E-state index contributed by atoms with van der Waals surface area (Å²) in [7, 11) is 0. The quantitative estimate of drug-likeness (QED) is 0.572. The van der Waals surface area contributed by atoms with Crippen molar-refractivity contribution in [2.24, 2.45) is 0 Å². The van der Waals surface area contributed by atoms with Gasteiger partial charge >= 0.3 is 0 Å². The molecule has 0 radical (unpaired) electrons. The first-order chi connectivity index (χ1) is 11.2. The highest BCUT2D eigenvalue weighted by Gasteiger charge is 2.03. The molecule has 0 spiro atoms. The van der Waals surface area contributed by atoms with Crippen molar-refractivity contribution in [3.63, 3.8) is 0 Å². The van der Waals surface area contributed by atoms with E-state index in [1.54, 1.807) is 6.07 Å². The molecule has 1 N–H and O–H groups in total. The van der Waals surface area contributed by atoms with E-state index in [4.69, 9.17) is 27.9 Å². The summed E-state index contributed by atoms with van der Waals surface area (Å²) < 4.78 is 5.78. The van der Waals surface area contributed by atoms with E-state index in [2.05, 4.69) is 24.4 Å². The van der Waals surface area contributed by atoms with Gasteiger partial charge in [0.15, 0.2) is 0 Å². The van der Waals surface area contributed by atoms with Crippen LogP contribution in [-0.2, 0) is 13.2 Å². The van der Waals surface area contributed by atoms with E-state index < -0.39 is 0 Å². The predicted molar refractivity (Wildman–Crippen MR) is 98.5 cm³/mol. The van der Waals surface area contributed by atoms with Crippen LogP contribution < -0.4 is 10.1 Å². The maximum atomic E-state index is 6.14. The van der Waals surface area contributed by atoms with E-state index in [-0.39, 0.29) is 0 Å². The van der Waals surface area contributed by atoms with Crippen LogP contribution in [-0.4, -0.2) is 6.54 Å². The monoisotopic (exact) mass is 351 g/mol. The lowest BCUT2D eigenvalue weighted by atomic mass is 10.2. The summed E-state index contributed by atoms with van der Waals surface area (Å²) in [6.07, 6.45) is 3.78. The van der Waals surface area contributed by atoms with Crippen molar-refractivity contribution < 1.29 is 4.74 Å². The van der Waals surface area contributed by atoms with Crippen molar-refractivity contribution in [1.29, 1.82) is 0 Å². The van der Waals surface area contributed by atoms with Crippen molar-refractivity contribution in [3.05, 3.63) is 63.6 Å². The largest absolute Gasteiger partial charge is 0.489 e. The first kappa shape index (κ1) is 18.1. The highest BCUT2D eigenvalue weighted by Crippen LogP contribution is 2.22. The van der Waals surface area contributed by atoms with Crippen LogP contribution in [0.15, 0.2) is 42.5 Å². The molecule has 0 aliphatic carbocycles. The van der Waals surface area contributed by atoms with Crippen LogP contribution in [0.2, 0.25) is 10.0 Å². The van der Waals surface area contributed by atoms with Gasteiger partial charge in [-0.15, -0.1) is 0 Å². The number of rotatable bonds is 9. The molecule has 0 heterocycles. The van der Waals surface area contributed by atoms with Crippen LogP contribution in [0.25, 0.3) is 0 Å². The van der Waals surface area contributed by atoms with Crippen molar-refractivity contribution in [1.82, 2.24) is 5.32 Å². The van der Waals surface area contributed by atoms with E-state index in [1.165, 1.54) is 24.8 Å². The smallest absolute Gasteiger partial charge is 0.119 e. The van der Waals surface area contributed by atoms with Crippen LogP contribution in [0, 0.1) is 0 Å². The van der Waals surface area contributed by atoms with Crippen LogP contribution in [0.3, 0.4) is 0 Å². The molecular formula is C19H23Cl2NO. The molecule has 0 saturated heterocycles. The highest BCUT2D eigenvalue weighted by atomic mass is 35.5. The fourth-order valence-corrected chi connectivity index (χ4v) is 2.70. The molecule has 124 valence electrons. The van der Waals surface area contributed by atoms with Gasteiger partial charge in [-0.3, -0.25) is 0 Å². The van der Waals surface area contributed by atoms with E-state index in [9.17, 15) is 0 Å². The van der Waals surface area contributed by atoms with E-state index >= 15 is 0 Å². The molecule has 2 rings (SSSR count). The lowest BCUT2D eigenvalue weighted by molar-refractivity contribution is 0.306. The number of unbranched alkanes of at least 4 members (excludes halogenated alkanes) is 2. The molecule has 0 saturated carbocycles. The molecule has 2 aromatic rings. The second kappa shape index (κ2) is 9.82. The van der Waals surface area contributed by atoms with Gasteiger partial charge in [0.25, 0.3) is 0 Å². The van der Waals surface area contributed by atoms with Crippen molar-refractivity contribution in [2.75, 3.05) is 6.54 Å². The van der Waals surface area contributed by atoms with Gasteiger partial charge in [-0.2, -0.15) is 0 Å². The molecule has 0 atom stereocenters. The highest BCUT2D eigenvalue weighted by molar-refractivity contribution is 6.35. The standard InChI is InChI=1S/C19H23Cl2NO/c1-2-3-4-11-22-13-15-5-9-18(10-6-15)23-14-16-7-8-17(20)12-19(16)21/h5-10,12,22H,2-4,11,13-14H2,1H3. The van der Waals surface area contributed by atoms with Gasteiger partial charge in [0.2, 0.25) is 0 Å². The Morgan fingerprint density at radius 2 is 1.78 bits per heavy atom. The normalized spacial score (nSPS) is 10.7. The maximum Gasteiger partial charge on any atom is 0.119 e. The Balaban J connectivity index is 1.78. The molecule has 0 bridgehead atoms. The van der Waals surface area contributed by atoms with Gasteiger partial charge in [0.1, 0.15) is 12.4 Å². The van der Waals surface area contributed by atoms with Gasteiger partial charge < -0.3 is 10.1 Å². The molecule has 23 heavy (non-hydrogen) atoms. The second-order valence-electron chi connectivity index (χ2n) is 5.55. The number of halogens is 2. The molecular weight excluding hydrogens is 329 g/mol. The summed E-state index contributed by atoms with van der Waals surface area (Å²) in [6.45, 7) is 4.62. The lowest BCUT2D eigenvalue weighted by Gasteiger charge is -2.09. The van der Waals surface area contributed by atoms with Gasteiger partial charge in [0.05, 0.1) is 0 Å². The summed E-state index contributed by atoms with van der Waals surface area (Å²) in [5.74, 6) is 0.839. The van der Waals surface area contributed by atoms with Gasteiger partial charge in [0, 0.05) is 22.2 Å². The topological polar surface area (TPSA) is 21.3 Å². The Morgan fingerprint density at radius 3 is 2.48 bits per heavy atom. The summed E-state index contributed by atoms with van der Waals surface area (Å²) in [5, 5.41) is 4.72. The fraction of sp³-hybridized carbons (Fsp3) is 0.368. The first-order valence-electron chi connectivity index (χ1n) is 8.05. The zero-order valence-corrected chi connectivity index (χ0v) is 15.0. The molecule has 0 aromatic heterocycles. The minimum absolute atomic E-state index is 0.435. The van der Waals surface area contributed by atoms with E-state index in [0.29, 0.717) is 16.7 Å². The zero-order chi connectivity index (χ0) is 16.5. The average molecular weight is 352 g/mol. The Bertz CT molecular complexity index is 599. The third kappa shape index (κ3) is 6.42. The number of hydrogen-bond donors (Lipinski definition) is 1. The van der Waals surface area contributed by atoms with Crippen LogP contribution in [0.4, 0.5) is 0 Å². The summed E-state index contributed by atoms with van der Waals surface area (Å²) >= 11 is 12.0. The van der Waals surface area contributed by atoms with Gasteiger partial charge in [-0.1, -0.05) is 61.2 Å². The predicted octanol–water partition coefficient (Wildman–Crippen LogP) is 5.85. The lowest BCUT2D eigenvalue weighted by Crippen LogP contribution is -2.14. The maximum absolute atomic E-state index is 6.14. The third-order valence-electron chi connectivity index (χ3n) is 3.62. The molecule has 2 aromatic carbocycles. The number of nitrogens with one attached hydrogen (secondary N) is 1. The molecule has 2 nitrogen and oxygen atoms in total. The second-order valence-corrected chi connectivity index (χ2v) is 6.40. The minimum atomic E-state index is 0.435. The molecule has 0 aliphatic heterocycles. The minimum Gasteiger partial charge on any atom is -0.489 e. The summed E-state index contributed by atoms with van der Waals surface area (Å²) in [5.41, 5.74) is 2.19. The molecule has 4 heteroatoms. The Kier molecular flexibility index (Phi) is 7.73. The van der Waals surface area contributed by atoms with Crippen LogP contribution in [0.1, 0.15) is 37.3 Å². The number of benzene rings is 2.